The van der Waals surface area contributed by atoms with Crippen LogP contribution in [0, 0.1) is 12.8 Å². The van der Waals surface area contributed by atoms with Crippen LogP contribution in [-0.4, -0.2) is 46.5 Å². The Morgan fingerprint density at radius 1 is 1.46 bits per heavy atom. The van der Waals surface area contributed by atoms with E-state index in [1.54, 1.807) is 23.2 Å². The van der Waals surface area contributed by atoms with Gasteiger partial charge in [0.05, 0.1) is 11.8 Å². The van der Waals surface area contributed by atoms with E-state index in [4.69, 9.17) is 4.52 Å². The number of thiophene rings is 1. The Kier molecular flexibility index (Phi) is 4.94. The van der Waals surface area contributed by atoms with Crippen molar-refractivity contribution in [2.45, 2.75) is 26.2 Å². The topological polar surface area (TPSA) is 88.3 Å². The summed E-state index contributed by atoms with van der Waals surface area (Å²) in [5.74, 6) is 0.216. The second-order valence-electron chi connectivity index (χ2n) is 5.94. The quantitative estimate of drug-likeness (QED) is 0.881. The average molecular weight is 348 g/mol. The highest BCUT2D eigenvalue weighted by atomic mass is 32.1. The number of likely N-dealkylation sites (tertiary alicyclic amines) is 1. The first-order chi connectivity index (χ1) is 11.5. The van der Waals surface area contributed by atoms with E-state index >= 15 is 0 Å². The number of carbonyl (C=O) groups is 2. The van der Waals surface area contributed by atoms with Crippen LogP contribution in [0.25, 0.3) is 0 Å². The number of aryl methyl sites for hydroxylation is 1. The molecule has 3 rings (SSSR count). The molecule has 0 spiro atoms. The second kappa shape index (κ2) is 7.12. The molecule has 8 heteroatoms. The molecule has 0 aromatic carbocycles. The van der Waals surface area contributed by atoms with E-state index in [9.17, 15) is 9.59 Å². The van der Waals surface area contributed by atoms with Gasteiger partial charge in [0.25, 0.3) is 0 Å². The summed E-state index contributed by atoms with van der Waals surface area (Å²) >= 11 is 1.67. The van der Waals surface area contributed by atoms with Crippen LogP contribution in [0.2, 0.25) is 0 Å². The summed E-state index contributed by atoms with van der Waals surface area (Å²) in [6.07, 6.45) is 0.802. The molecule has 0 aliphatic carbocycles. The maximum atomic E-state index is 12.6. The van der Waals surface area contributed by atoms with Gasteiger partial charge >= 0.3 is 0 Å². The summed E-state index contributed by atoms with van der Waals surface area (Å²) in [5.41, 5.74) is 0. The van der Waals surface area contributed by atoms with Crippen molar-refractivity contribution in [3.63, 3.8) is 0 Å². The normalized spacial score (nSPS) is 20.3. The minimum absolute atomic E-state index is 0.0508. The zero-order valence-electron chi connectivity index (χ0n) is 13.7. The van der Waals surface area contributed by atoms with Crippen molar-refractivity contribution < 1.29 is 14.1 Å². The summed E-state index contributed by atoms with van der Waals surface area (Å²) in [7, 11) is 0. The number of rotatable bonds is 5. The molecule has 1 aliphatic heterocycles. The first-order valence-electron chi connectivity index (χ1n) is 7.90. The summed E-state index contributed by atoms with van der Waals surface area (Å²) in [5, 5.41) is 8.79. The minimum Gasteiger partial charge on any atom is -0.355 e. The molecule has 3 heterocycles. The van der Waals surface area contributed by atoms with Crippen LogP contribution < -0.4 is 5.32 Å². The predicted molar refractivity (Wildman–Crippen MR) is 88.6 cm³/mol. The highest BCUT2D eigenvalue weighted by molar-refractivity contribution is 7.09. The Morgan fingerprint density at radius 2 is 2.29 bits per heavy atom. The highest BCUT2D eigenvalue weighted by Gasteiger charge is 2.42. The summed E-state index contributed by atoms with van der Waals surface area (Å²) < 4.78 is 5.24. The number of carbonyl (C=O) groups excluding carboxylic acids is 2. The van der Waals surface area contributed by atoms with E-state index < -0.39 is 0 Å². The Morgan fingerprint density at radius 3 is 2.92 bits per heavy atom. The van der Waals surface area contributed by atoms with Crippen LogP contribution in [0.5, 0.6) is 0 Å². The van der Waals surface area contributed by atoms with Crippen LogP contribution >= 0.6 is 11.3 Å². The molecule has 2 unspecified atom stereocenters. The number of aromatic nitrogens is 2. The molecular weight excluding hydrogens is 328 g/mol. The Bertz CT molecular complexity index is 713. The lowest BCUT2D eigenvalue weighted by molar-refractivity contribution is -0.128. The van der Waals surface area contributed by atoms with Gasteiger partial charge in [0, 0.05) is 31.4 Å². The van der Waals surface area contributed by atoms with Crippen LogP contribution in [0.4, 0.5) is 0 Å². The third-order valence-electron chi connectivity index (χ3n) is 4.21. The zero-order chi connectivity index (χ0) is 17.1. The maximum Gasteiger partial charge on any atom is 0.232 e. The Labute approximate surface area is 144 Å². The van der Waals surface area contributed by atoms with Gasteiger partial charge < -0.3 is 14.7 Å². The zero-order valence-corrected chi connectivity index (χ0v) is 14.5. The van der Waals surface area contributed by atoms with Crippen molar-refractivity contribution >= 4 is 23.2 Å². The lowest BCUT2D eigenvalue weighted by Crippen LogP contribution is -2.36. The molecule has 2 aromatic heterocycles. The first-order valence-corrected chi connectivity index (χ1v) is 8.78. The average Bonchev–Trinajstić information content (AvgIpc) is 3.26. The third-order valence-corrected chi connectivity index (χ3v) is 5.15. The fourth-order valence-corrected chi connectivity index (χ4v) is 3.64. The Hall–Kier alpha value is -2.22. The molecule has 0 bridgehead atoms. The van der Waals surface area contributed by atoms with E-state index in [0.29, 0.717) is 31.3 Å². The number of amides is 2. The van der Waals surface area contributed by atoms with Crippen LogP contribution in [-0.2, 0) is 16.0 Å². The van der Waals surface area contributed by atoms with Crippen LogP contribution in [0.3, 0.4) is 0 Å². The molecule has 24 heavy (non-hydrogen) atoms. The highest BCUT2D eigenvalue weighted by Crippen LogP contribution is 2.32. The van der Waals surface area contributed by atoms with Crippen molar-refractivity contribution in [3.8, 4) is 0 Å². The van der Waals surface area contributed by atoms with Gasteiger partial charge in [-0.3, -0.25) is 9.59 Å². The van der Waals surface area contributed by atoms with Gasteiger partial charge in [0.1, 0.15) is 0 Å². The van der Waals surface area contributed by atoms with Crippen molar-refractivity contribution in [2.75, 3.05) is 19.6 Å². The van der Waals surface area contributed by atoms with E-state index in [1.165, 1.54) is 11.8 Å². The Balaban J connectivity index is 1.65. The van der Waals surface area contributed by atoms with E-state index in [2.05, 4.69) is 15.5 Å². The molecule has 2 atom stereocenters. The SMILES string of the molecule is CC(=O)N1CC(C(=O)NCCc2cccs2)C(c2nc(C)no2)C1. The smallest absolute Gasteiger partial charge is 0.232 e. The van der Waals surface area contributed by atoms with Gasteiger partial charge in [-0.25, -0.2) is 0 Å². The lowest BCUT2D eigenvalue weighted by Gasteiger charge is -2.14. The molecule has 1 N–H and O–H groups in total. The van der Waals surface area contributed by atoms with Gasteiger partial charge in [0.15, 0.2) is 5.82 Å². The summed E-state index contributed by atoms with van der Waals surface area (Å²) in [6, 6.07) is 4.05. The summed E-state index contributed by atoms with van der Waals surface area (Å²) in [6.45, 7) is 4.63. The molecule has 1 saturated heterocycles. The molecule has 1 fully saturated rings. The molecule has 7 nitrogen and oxygen atoms in total. The summed E-state index contributed by atoms with van der Waals surface area (Å²) in [4.78, 5) is 31.4. The second-order valence-corrected chi connectivity index (χ2v) is 6.97. The molecular formula is C16H20N4O3S. The van der Waals surface area contributed by atoms with Gasteiger partial charge in [-0.2, -0.15) is 4.98 Å². The molecule has 1 aliphatic rings. The monoisotopic (exact) mass is 348 g/mol. The number of hydrogen-bond acceptors (Lipinski definition) is 6. The minimum atomic E-state index is -0.364. The standard InChI is InChI=1S/C16H20N4O3S/c1-10-18-16(23-19-10)14-9-20(11(2)21)8-13(14)15(22)17-6-5-12-4-3-7-24-12/h3-4,7,13-14H,5-6,8-9H2,1-2H3,(H,17,22). The number of nitrogens with one attached hydrogen (secondary N) is 1. The van der Waals surface area contributed by atoms with E-state index in [-0.39, 0.29) is 23.7 Å². The number of nitrogens with zero attached hydrogens (tertiary/aromatic N) is 3. The molecule has 128 valence electrons. The molecule has 0 radical (unpaired) electrons. The number of hydrogen-bond donors (Lipinski definition) is 1. The van der Waals surface area contributed by atoms with E-state index in [1.807, 2.05) is 17.5 Å². The van der Waals surface area contributed by atoms with Gasteiger partial charge in [-0.05, 0) is 24.8 Å². The van der Waals surface area contributed by atoms with Gasteiger partial charge in [-0.15, -0.1) is 11.3 Å². The largest absolute Gasteiger partial charge is 0.355 e. The van der Waals surface area contributed by atoms with Crippen molar-refractivity contribution in [1.29, 1.82) is 0 Å². The molecule has 2 amide bonds. The van der Waals surface area contributed by atoms with Crippen molar-refractivity contribution in [3.05, 3.63) is 34.1 Å². The third kappa shape index (κ3) is 3.64. The van der Waals surface area contributed by atoms with Gasteiger partial charge in [0.2, 0.25) is 17.7 Å². The lowest BCUT2D eigenvalue weighted by atomic mass is 9.95. The van der Waals surface area contributed by atoms with Gasteiger partial charge in [-0.1, -0.05) is 11.2 Å². The fourth-order valence-electron chi connectivity index (χ4n) is 2.94. The maximum absolute atomic E-state index is 12.6. The first kappa shape index (κ1) is 16.6. The van der Waals surface area contributed by atoms with Crippen molar-refractivity contribution in [2.24, 2.45) is 5.92 Å². The molecule has 0 saturated carbocycles. The van der Waals surface area contributed by atoms with Crippen LogP contribution in [0.1, 0.15) is 29.4 Å². The van der Waals surface area contributed by atoms with Crippen molar-refractivity contribution in [1.82, 2.24) is 20.4 Å². The fraction of sp³-hybridized carbons (Fsp3) is 0.500. The predicted octanol–water partition coefficient (Wildman–Crippen LogP) is 1.36. The molecule has 2 aromatic rings. The van der Waals surface area contributed by atoms with E-state index in [0.717, 1.165) is 6.42 Å². The van der Waals surface area contributed by atoms with Crippen LogP contribution in [0.15, 0.2) is 22.0 Å².